The van der Waals surface area contributed by atoms with Crippen LogP contribution in [-0.4, -0.2) is 73.5 Å². The van der Waals surface area contributed by atoms with Gasteiger partial charge in [0, 0.05) is 49.9 Å². The minimum absolute atomic E-state index is 0.112. The average molecular weight is 578 g/mol. The van der Waals surface area contributed by atoms with E-state index >= 15 is 0 Å². The molecule has 14 heteroatoms. The lowest BCUT2D eigenvalue weighted by Gasteiger charge is -2.37. The van der Waals surface area contributed by atoms with Gasteiger partial charge in [0.25, 0.3) is 5.91 Å². The number of amides is 3. The summed E-state index contributed by atoms with van der Waals surface area (Å²) < 4.78 is 67.1. The third-order valence-corrected chi connectivity index (χ3v) is 6.37. The van der Waals surface area contributed by atoms with Crippen LogP contribution in [0.2, 0.25) is 5.02 Å². The molecule has 0 radical (unpaired) electrons. The highest BCUT2D eigenvalue weighted by molar-refractivity contribution is 6.31. The van der Waals surface area contributed by atoms with Crippen molar-refractivity contribution in [1.29, 1.82) is 0 Å². The Morgan fingerprint density at radius 3 is 2.41 bits per heavy atom. The summed E-state index contributed by atoms with van der Waals surface area (Å²) in [6.45, 7) is 2.26. The lowest BCUT2D eigenvalue weighted by atomic mass is 10.1. The van der Waals surface area contributed by atoms with Gasteiger partial charge in [-0.2, -0.15) is 13.2 Å². The van der Waals surface area contributed by atoms with Crippen LogP contribution in [0.4, 0.5) is 38.1 Å². The summed E-state index contributed by atoms with van der Waals surface area (Å²) in [5.41, 5.74) is 0.0170. The van der Waals surface area contributed by atoms with E-state index in [4.69, 9.17) is 16.7 Å². The quantitative estimate of drug-likeness (QED) is 0.336. The molecule has 39 heavy (non-hydrogen) atoms. The maximum absolute atomic E-state index is 14.8. The molecule has 1 aliphatic rings. The normalized spacial score (nSPS) is 15.1. The molecule has 0 saturated carbocycles. The van der Waals surface area contributed by atoms with Crippen molar-refractivity contribution in [3.8, 4) is 0 Å². The molecule has 0 aliphatic carbocycles. The zero-order valence-corrected chi connectivity index (χ0v) is 21.8. The predicted octanol–water partition coefficient (Wildman–Crippen LogP) is 4.12. The monoisotopic (exact) mass is 577 g/mol. The standard InChI is InChI=1S/C25H29ClF5N5O3/c1-15(14-37)33-24(39)32-13-16-2-4-18(22(28)21(16)27)23(38)34-19-5-3-17(26)12-20(19)36-10-8-35(9-11-36)7-6-25(29,30)31/h2-5,12,15,37H,6-11,13-14H2,1H3,(H,34,38)(H2,32,33,39)/t15-/m0/s1. The van der Waals surface area contributed by atoms with Crippen molar-refractivity contribution < 1.29 is 36.6 Å². The highest BCUT2D eigenvalue weighted by Gasteiger charge is 2.29. The van der Waals surface area contributed by atoms with E-state index in [9.17, 15) is 31.5 Å². The summed E-state index contributed by atoms with van der Waals surface area (Å²) in [4.78, 5) is 28.2. The largest absolute Gasteiger partial charge is 0.394 e. The van der Waals surface area contributed by atoms with E-state index in [0.29, 0.717) is 36.9 Å². The Bertz CT molecular complexity index is 1180. The van der Waals surface area contributed by atoms with Crippen molar-refractivity contribution in [2.75, 3.05) is 49.5 Å². The van der Waals surface area contributed by atoms with E-state index in [1.165, 1.54) is 18.2 Å². The Morgan fingerprint density at radius 1 is 1.08 bits per heavy atom. The molecule has 1 atom stereocenters. The van der Waals surface area contributed by atoms with Crippen molar-refractivity contribution in [2.24, 2.45) is 0 Å². The fourth-order valence-electron chi connectivity index (χ4n) is 3.96. The fraction of sp³-hybridized carbons (Fsp3) is 0.440. The SMILES string of the molecule is C[C@@H](CO)NC(=O)NCc1ccc(C(=O)Nc2ccc(Cl)cc2N2CCN(CCC(F)(F)F)CC2)c(F)c1F. The van der Waals surface area contributed by atoms with Gasteiger partial charge < -0.3 is 26.0 Å². The van der Waals surface area contributed by atoms with Crippen molar-refractivity contribution in [3.63, 3.8) is 0 Å². The van der Waals surface area contributed by atoms with E-state index in [0.717, 1.165) is 6.07 Å². The van der Waals surface area contributed by atoms with Crippen LogP contribution in [0.15, 0.2) is 30.3 Å². The van der Waals surface area contributed by atoms with Crippen LogP contribution in [0, 0.1) is 11.6 Å². The first-order valence-electron chi connectivity index (χ1n) is 12.1. The molecule has 8 nitrogen and oxygen atoms in total. The summed E-state index contributed by atoms with van der Waals surface area (Å²) >= 11 is 6.14. The Morgan fingerprint density at radius 2 is 1.77 bits per heavy atom. The van der Waals surface area contributed by atoms with E-state index in [-0.39, 0.29) is 30.9 Å². The van der Waals surface area contributed by atoms with Crippen LogP contribution >= 0.6 is 11.6 Å². The van der Waals surface area contributed by atoms with Gasteiger partial charge in [-0.3, -0.25) is 9.69 Å². The molecule has 1 aliphatic heterocycles. The van der Waals surface area contributed by atoms with Crippen LogP contribution in [0.3, 0.4) is 0 Å². The highest BCUT2D eigenvalue weighted by atomic mass is 35.5. The maximum Gasteiger partial charge on any atom is 0.390 e. The molecule has 1 heterocycles. The molecule has 4 N–H and O–H groups in total. The second-order valence-corrected chi connectivity index (χ2v) is 9.56. The molecule has 0 aromatic heterocycles. The Hall–Kier alpha value is -3.16. The predicted molar refractivity (Wildman–Crippen MR) is 137 cm³/mol. The molecule has 0 unspecified atom stereocenters. The van der Waals surface area contributed by atoms with Gasteiger partial charge in [0.15, 0.2) is 11.6 Å². The van der Waals surface area contributed by atoms with E-state index in [2.05, 4.69) is 16.0 Å². The smallest absolute Gasteiger partial charge is 0.390 e. The van der Waals surface area contributed by atoms with Gasteiger partial charge in [-0.05, 0) is 31.2 Å². The van der Waals surface area contributed by atoms with E-state index in [1.54, 1.807) is 17.9 Å². The van der Waals surface area contributed by atoms with Crippen molar-refractivity contribution >= 4 is 34.9 Å². The van der Waals surface area contributed by atoms with Gasteiger partial charge in [-0.1, -0.05) is 17.7 Å². The molecular weight excluding hydrogens is 549 g/mol. The van der Waals surface area contributed by atoms with Crippen LogP contribution in [-0.2, 0) is 6.54 Å². The summed E-state index contributed by atoms with van der Waals surface area (Å²) in [6.07, 6.45) is -5.14. The lowest BCUT2D eigenvalue weighted by Crippen LogP contribution is -2.47. The number of carbonyl (C=O) groups is 2. The number of anilines is 2. The third kappa shape index (κ3) is 8.67. The van der Waals surface area contributed by atoms with Gasteiger partial charge in [0.05, 0.1) is 36.0 Å². The van der Waals surface area contributed by atoms with E-state index in [1.807, 2.05) is 4.90 Å². The van der Waals surface area contributed by atoms with Crippen LogP contribution in [0.1, 0.15) is 29.3 Å². The first kappa shape index (κ1) is 30.4. The molecule has 3 rings (SSSR count). The minimum Gasteiger partial charge on any atom is -0.394 e. The number of benzene rings is 2. The second kappa shape index (κ2) is 13.3. The summed E-state index contributed by atoms with van der Waals surface area (Å²) in [5, 5.41) is 16.6. The van der Waals surface area contributed by atoms with Crippen LogP contribution in [0.5, 0.6) is 0 Å². The number of carbonyl (C=O) groups excluding carboxylic acids is 2. The molecule has 3 amide bonds. The van der Waals surface area contributed by atoms with Gasteiger partial charge in [-0.25, -0.2) is 13.6 Å². The lowest BCUT2D eigenvalue weighted by molar-refractivity contribution is -0.138. The first-order valence-corrected chi connectivity index (χ1v) is 12.5. The number of aliphatic hydroxyl groups is 1. The van der Waals surface area contributed by atoms with Crippen molar-refractivity contribution in [2.45, 2.75) is 32.1 Å². The van der Waals surface area contributed by atoms with E-state index < -0.39 is 47.8 Å². The highest BCUT2D eigenvalue weighted by Crippen LogP contribution is 2.31. The molecule has 1 saturated heterocycles. The zero-order chi connectivity index (χ0) is 28.7. The van der Waals surface area contributed by atoms with Crippen molar-refractivity contribution in [1.82, 2.24) is 15.5 Å². The number of aliphatic hydroxyl groups excluding tert-OH is 1. The summed E-state index contributed by atoms with van der Waals surface area (Å²) in [7, 11) is 0. The second-order valence-electron chi connectivity index (χ2n) is 9.12. The molecule has 0 bridgehead atoms. The topological polar surface area (TPSA) is 96.9 Å². The molecule has 2 aromatic rings. The minimum atomic E-state index is -4.24. The van der Waals surface area contributed by atoms with Crippen LogP contribution < -0.4 is 20.9 Å². The number of nitrogens with one attached hydrogen (secondary N) is 3. The Kier molecular flexibility index (Phi) is 10.3. The summed E-state index contributed by atoms with van der Waals surface area (Å²) in [5.74, 6) is -3.62. The number of hydrogen-bond donors (Lipinski definition) is 4. The number of alkyl halides is 3. The molecular formula is C25H29ClF5N5O3. The third-order valence-electron chi connectivity index (χ3n) is 6.13. The molecule has 0 spiro atoms. The molecule has 1 fully saturated rings. The van der Waals surface area contributed by atoms with Gasteiger partial charge >= 0.3 is 12.2 Å². The summed E-state index contributed by atoms with van der Waals surface area (Å²) in [6, 6.07) is 5.64. The van der Waals surface area contributed by atoms with Gasteiger partial charge in [0.1, 0.15) is 0 Å². The zero-order valence-electron chi connectivity index (χ0n) is 21.0. The number of halogens is 6. The Balaban J connectivity index is 1.68. The number of nitrogens with zero attached hydrogens (tertiary/aromatic N) is 2. The maximum atomic E-state index is 14.8. The molecule has 214 valence electrons. The van der Waals surface area contributed by atoms with Gasteiger partial charge in [-0.15, -0.1) is 0 Å². The number of piperazine rings is 1. The van der Waals surface area contributed by atoms with Gasteiger partial charge in [0.2, 0.25) is 0 Å². The number of urea groups is 1. The fourth-order valence-corrected chi connectivity index (χ4v) is 4.12. The van der Waals surface area contributed by atoms with Crippen LogP contribution in [0.25, 0.3) is 0 Å². The molecule has 2 aromatic carbocycles. The first-order chi connectivity index (χ1) is 18.4. The number of hydrogen-bond acceptors (Lipinski definition) is 5. The average Bonchev–Trinajstić information content (AvgIpc) is 2.89. The van der Waals surface area contributed by atoms with Crippen molar-refractivity contribution in [3.05, 3.63) is 58.1 Å². The number of rotatable bonds is 9. The Labute approximate surface area is 227 Å².